The van der Waals surface area contributed by atoms with Gasteiger partial charge in [0.1, 0.15) is 42.7 Å². The molecule has 0 radical (unpaired) electrons. The summed E-state index contributed by atoms with van der Waals surface area (Å²) < 4.78 is 23.3. The van der Waals surface area contributed by atoms with E-state index in [1.165, 1.54) is 0 Å². The smallest absolute Gasteiger partial charge is 0.249 e. The minimum Gasteiger partial charge on any atom is -0.394 e. The highest BCUT2D eigenvalue weighted by atomic mass is 16.7. The van der Waals surface area contributed by atoms with Gasteiger partial charge in [-0.05, 0) is 32.2 Å². The van der Waals surface area contributed by atoms with E-state index < -0.39 is 92.0 Å². The van der Waals surface area contributed by atoms with Crippen molar-refractivity contribution < 1.29 is 49.3 Å². The van der Waals surface area contributed by atoms with Gasteiger partial charge in [-0.2, -0.15) is 0 Å². The molecule has 16 nitrogen and oxygen atoms in total. The highest BCUT2D eigenvalue weighted by Gasteiger charge is 2.51. The van der Waals surface area contributed by atoms with E-state index in [9.17, 15) is 30.3 Å². The van der Waals surface area contributed by atoms with Crippen LogP contribution in [0, 0.1) is 0 Å². The van der Waals surface area contributed by atoms with E-state index in [-0.39, 0.29) is 32.0 Å². The number of hydrogen-bond donors (Lipinski definition) is 11. The number of hydrogen-bond acceptors (Lipinski definition) is 15. The van der Waals surface area contributed by atoms with Crippen LogP contribution in [0.2, 0.25) is 0 Å². The molecule has 16 heteroatoms. The monoisotopic (exact) mass is 552 g/mol. The first-order chi connectivity index (χ1) is 18.0. The van der Waals surface area contributed by atoms with Gasteiger partial charge in [0.25, 0.3) is 0 Å². The Morgan fingerprint density at radius 1 is 0.947 bits per heavy atom. The molecule has 0 aromatic heterocycles. The van der Waals surface area contributed by atoms with Crippen molar-refractivity contribution in [2.45, 2.75) is 111 Å². The second-order valence-electron chi connectivity index (χ2n) is 10.2. The van der Waals surface area contributed by atoms with Crippen molar-refractivity contribution in [1.82, 2.24) is 5.32 Å². The standard InChI is InChI=1S/C22H44N6O10/c23-4-3-12(30)20(34)28-11-5-10(26)18(37-21-9(25)2-1-8(6-24)35-21)17(33)19(11)38-22-16(32)14(27)15(31)13(7-29)36-22/h8-19,21-22,29-33H,1-7,23-27H2,(H,28,34)/t8-,9+,10-,11+,12-,13?,14-,15+,16+,17-,18+,19-,21+,22?/m0/s1. The Morgan fingerprint density at radius 2 is 1.63 bits per heavy atom. The van der Waals surface area contributed by atoms with Gasteiger partial charge in [0.05, 0.1) is 30.8 Å². The minimum atomic E-state index is -1.55. The number of carbonyl (C=O) groups excluding carboxylic acids is 1. The number of aliphatic hydroxyl groups is 5. The summed E-state index contributed by atoms with van der Waals surface area (Å²) >= 11 is 0. The van der Waals surface area contributed by atoms with E-state index in [4.69, 9.17) is 47.6 Å². The average molecular weight is 553 g/mol. The fraction of sp³-hybridized carbons (Fsp3) is 0.955. The molecule has 1 saturated carbocycles. The quantitative estimate of drug-likeness (QED) is 0.120. The second-order valence-corrected chi connectivity index (χ2v) is 10.2. The molecule has 222 valence electrons. The maximum absolute atomic E-state index is 12.6. The first-order valence-electron chi connectivity index (χ1n) is 12.9. The molecule has 0 aromatic carbocycles. The average Bonchev–Trinajstić information content (AvgIpc) is 2.89. The number of ether oxygens (including phenoxy) is 4. The molecule has 0 aromatic rings. The van der Waals surface area contributed by atoms with Crippen LogP contribution in [0.5, 0.6) is 0 Å². The van der Waals surface area contributed by atoms with E-state index in [0.717, 1.165) is 0 Å². The van der Waals surface area contributed by atoms with Gasteiger partial charge in [-0.1, -0.05) is 0 Å². The summed E-state index contributed by atoms with van der Waals surface area (Å²) in [5.74, 6) is -0.762. The molecule has 2 heterocycles. The van der Waals surface area contributed by atoms with E-state index in [0.29, 0.717) is 12.8 Å². The summed E-state index contributed by atoms with van der Waals surface area (Å²) in [6.45, 7) is -0.296. The maximum Gasteiger partial charge on any atom is 0.249 e. The van der Waals surface area contributed by atoms with Gasteiger partial charge in [0.15, 0.2) is 12.6 Å². The van der Waals surface area contributed by atoms with Crippen molar-refractivity contribution in [1.29, 1.82) is 0 Å². The zero-order chi connectivity index (χ0) is 28.1. The van der Waals surface area contributed by atoms with Crippen molar-refractivity contribution in [2.75, 3.05) is 19.7 Å². The third kappa shape index (κ3) is 7.15. The van der Waals surface area contributed by atoms with Crippen LogP contribution >= 0.6 is 0 Å². The van der Waals surface area contributed by atoms with Gasteiger partial charge in [0, 0.05) is 12.6 Å². The number of nitrogens with one attached hydrogen (secondary N) is 1. The number of amides is 1. The van der Waals surface area contributed by atoms with E-state index in [1.54, 1.807) is 0 Å². The Bertz CT molecular complexity index is 755. The van der Waals surface area contributed by atoms with Gasteiger partial charge >= 0.3 is 0 Å². The Balaban J connectivity index is 1.82. The van der Waals surface area contributed by atoms with E-state index in [1.807, 2.05) is 0 Å². The van der Waals surface area contributed by atoms with Gasteiger partial charge in [0.2, 0.25) is 5.91 Å². The lowest BCUT2D eigenvalue weighted by atomic mass is 9.83. The fourth-order valence-electron chi connectivity index (χ4n) is 5.02. The second kappa shape index (κ2) is 14.0. The molecular weight excluding hydrogens is 508 g/mol. The summed E-state index contributed by atoms with van der Waals surface area (Å²) in [6.07, 6.45) is -10.8. The molecule has 16 N–H and O–H groups in total. The lowest BCUT2D eigenvalue weighted by Gasteiger charge is -2.48. The summed E-state index contributed by atoms with van der Waals surface area (Å²) in [7, 11) is 0. The van der Waals surface area contributed by atoms with Crippen LogP contribution in [-0.2, 0) is 23.7 Å². The lowest BCUT2D eigenvalue weighted by molar-refractivity contribution is -0.314. The Kier molecular flexibility index (Phi) is 11.6. The van der Waals surface area contributed by atoms with Crippen LogP contribution in [0.1, 0.15) is 25.7 Å². The van der Waals surface area contributed by atoms with Crippen molar-refractivity contribution in [3.8, 4) is 0 Å². The first-order valence-corrected chi connectivity index (χ1v) is 12.9. The molecule has 3 rings (SSSR count). The number of rotatable bonds is 10. The highest BCUT2D eigenvalue weighted by molar-refractivity contribution is 5.80. The zero-order valence-corrected chi connectivity index (χ0v) is 21.2. The summed E-state index contributed by atoms with van der Waals surface area (Å²) in [5, 5.41) is 54.4. The van der Waals surface area contributed by atoms with Crippen molar-refractivity contribution >= 4 is 5.91 Å². The molecule has 14 atom stereocenters. The molecule has 1 amide bonds. The molecule has 2 unspecified atom stereocenters. The molecule has 2 saturated heterocycles. The zero-order valence-electron chi connectivity index (χ0n) is 21.2. The van der Waals surface area contributed by atoms with Crippen LogP contribution in [-0.4, -0.2) is 137 Å². The predicted molar refractivity (Wildman–Crippen MR) is 131 cm³/mol. The topological polar surface area (TPSA) is 297 Å². The van der Waals surface area contributed by atoms with Crippen LogP contribution in [0.3, 0.4) is 0 Å². The SMILES string of the molecule is NCC[C@H](O)C(=O)N[C@@H]1C[C@H](N)[C@@H](O[C@H]2O[C@H](CN)CC[C@H]2N)[C@H](O)[C@H]1OC1OC(CO)[C@@H](O)[C@H](N)[C@H]1O. The molecule has 3 fully saturated rings. The van der Waals surface area contributed by atoms with Gasteiger partial charge < -0.3 is 78.5 Å². The van der Waals surface area contributed by atoms with Crippen molar-refractivity contribution in [2.24, 2.45) is 28.7 Å². The summed E-state index contributed by atoms with van der Waals surface area (Å²) in [6, 6.07) is -3.54. The fourth-order valence-corrected chi connectivity index (χ4v) is 5.02. The molecule has 38 heavy (non-hydrogen) atoms. The molecule has 3 aliphatic rings. The largest absolute Gasteiger partial charge is 0.394 e. The Labute approximate surface area is 220 Å². The van der Waals surface area contributed by atoms with Gasteiger partial charge in [-0.15, -0.1) is 0 Å². The lowest BCUT2D eigenvalue weighted by Crippen LogP contribution is -2.69. The van der Waals surface area contributed by atoms with Crippen LogP contribution in [0.4, 0.5) is 0 Å². The summed E-state index contributed by atoms with van der Waals surface area (Å²) in [4.78, 5) is 12.6. The molecule has 0 bridgehead atoms. The first kappa shape index (κ1) is 31.4. The Hall–Kier alpha value is -1.09. The van der Waals surface area contributed by atoms with E-state index >= 15 is 0 Å². The molecule has 0 spiro atoms. The number of aliphatic hydroxyl groups excluding tert-OH is 5. The maximum atomic E-state index is 12.6. The number of carbonyl (C=O) groups is 1. The molecular formula is C22H44N6O10. The molecule has 1 aliphatic carbocycles. The predicted octanol–water partition coefficient (Wildman–Crippen LogP) is -6.40. The van der Waals surface area contributed by atoms with Crippen LogP contribution < -0.4 is 34.0 Å². The van der Waals surface area contributed by atoms with Crippen LogP contribution in [0.25, 0.3) is 0 Å². The van der Waals surface area contributed by atoms with Gasteiger partial charge in [-0.25, -0.2) is 0 Å². The normalized spacial score (nSPS) is 44.9. The molecule has 2 aliphatic heterocycles. The Morgan fingerprint density at radius 3 is 2.26 bits per heavy atom. The number of nitrogens with two attached hydrogens (primary N) is 5. The third-order valence-corrected chi connectivity index (χ3v) is 7.37. The summed E-state index contributed by atoms with van der Waals surface area (Å²) in [5.41, 5.74) is 29.6. The third-order valence-electron chi connectivity index (χ3n) is 7.37. The van der Waals surface area contributed by atoms with Crippen molar-refractivity contribution in [3.05, 3.63) is 0 Å². The minimum absolute atomic E-state index is 0.000983. The van der Waals surface area contributed by atoms with Gasteiger partial charge in [-0.3, -0.25) is 4.79 Å². The van der Waals surface area contributed by atoms with E-state index in [2.05, 4.69) is 5.32 Å². The van der Waals surface area contributed by atoms with Crippen LogP contribution in [0.15, 0.2) is 0 Å². The highest BCUT2D eigenvalue weighted by Crippen LogP contribution is 2.31. The van der Waals surface area contributed by atoms with Crippen molar-refractivity contribution in [3.63, 3.8) is 0 Å².